The molecule has 2 heterocycles. The van der Waals surface area contributed by atoms with E-state index in [0.717, 1.165) is 12.8 Å². The largest absolute Gasteiger partial charge is 0.467 e. The van der Waals surface area contributed by atoms with E-state index >= 15 is 0 Å². The highest BCUT2D eigenvalue weighted by atomic mass is 35.5. The third-order valence-corrected chi connectivity index (χ3v) is 5.91. The van der Waals surface area contributed by atoms with E-state index in [1.807, 2.05) is 13.8 Å². The van der Waals surface area contributed by atoms with E-state index in [0.29, 0.717) is 23.9 Å². The smallest absolute Gasteiger partial charge is 0.328 e. The summed E-state index contributed by atoms with van der Waals surface area (Å²) in [5, 5.41) is 8.62. The van der Waals surface area contributed by atoms with Crippen LogP contribution < -0.4 is 16.0 Å². The number of aromatic nitrogens is 1. The maximum atomic E-state index is 13.0. The van der Waals surface area contributed by atoms with Gasteiger partial charge in [-0.1, -0.05) is 24.4 Å². The zero-order valence-electron chi connectivity index (χ0n) is 17.9. The average Bonchev–Trinajstić information content (AvgIpc) is 3.34. The molecule has 3 amide bonds. The molecule has 0 bridgehead atoms. The Hall–Kier alpha value is -2.55. The van der Waals surface area contributed by atoms with Crippen molar-refractivity contribution >= 4 is 35.3 Å². The Kier molecular flexibility index (Phi) is 6.93. The number of amides is 3. The molecule has 1 aliphatic carbocycles. The molecule has 2 aliphatic rings. The molecule has 0 unspecified atom stereocenters. The van der Waals surface area contributed by atoms with Gasteiger partial charge in [-0.25, -0.2) is 4.79 Å². The molecule has 1 saturated carbocycles. The Morgan fingerprint density at radius 2 is 1.90 bits per heavy atom. The Morgan fingerprint density at radius 1 is 1.19 bits per heavy atom. The quantitative estimate of drug-likeness (QED) is 0.422. The Bertz CT molecular complexity index is 864. The minimum absolute atomic E-state index is 0.129. The number of aromatic amines is 1. The van der Waals surface area contributed by atoms with Crippen molar-refractivity contribution in [3.8, 4) is 0 Å². The van der Waals surface area contributed by atoms with Gasteiger partial charge < -0.3 is 25.7 Å². The molecule has 0 spiro atoms. The third kappa shape index (κ3) is 6.22. The van der Waals surface area contributed by atoms with Crippen LogP contribution in [0.5, 0.6) is 0 Å². The Morgan fingerprint density at radius 3 is 2.42 bits per heavy atom. The van der Waals surface area contributed by atoms with Crippen molar-refractivity contribution in [3.05, 3.63) is 23.0 Å². The number of hydrogen-bond acceptors (Lipinski definition) is 5. The van der Waals surface area contributed by atoms with E-state index in [1.54, 1.807) is 6.07 Å². The van der Waals surface area contributed by atoms with Crippen molar-refractivity contribution in [2.45, 2.75) is 63.6 Å². The first-order valence-corrected chi connectivity index (χ1v) is 10.8. The minimum atomic E-state index is -0.985. The van der Waals surface area contributed by atoms with Gasteiger partial charge in [0.05, 0.1) is 7.11 Å². The summed E-state index contributed by atoms with van der Waals surface area (Å²) < 4.78 is 4.84. The number of ether oxygens (including phenoxy) is 1. The molecular formula is C21H29ClN4O5. The van der Waals surface area contributed by atoms with Crippen LogP contribution in [0.1, 0.15) is 56.4 Å². The van der Waals surface area contributed by atoms with E-state index in [4.69, 9.17) is 16.3 Å². The lowest BCUT2D eigenvalue weighted by atomic mass is 9.91. The maximum absolute atomic E-state index is 13.0. The first kappa shape index (κ1) is 23.1. The van der Waals surface area contributed by atoms with Crippen LogP contribution in [-0.4, -0.2) is 53.4 Å². The molecule has 0 aromatic carbocycles. The van der Waals surface area contributed by atoms with Crippen LogP contribution in [0.25, 0.3) is 0 Å². The number of hydrogen-bond donors (Lipinski definition) is 4. The molecule has 3 atom stereocenters. The first-order chi connectivity index (χ1) is 14.6. The van der Waals surface area contributed by atoms with Crippen LogP contribution >= 0.6 is 11.6 Å². The lowest BCUT2D eigenvalue weighted by Crippen LogP contribution is -2.52. The highest BCUT2D eigenvalue weighted by Crippen LogP contribution is 2.34. The SMILES string of the molecule is COC(=O)[C@H](C[C@@H]1CC(C)(C)NC1=O)NC(=O)[C@H](CC1CC1)NC(=O)c1ccc(Cl)[nH]1. The van der Waals surface area contributed by atoms with Crippen LogP contribution in [0, 0.1) is 11.8 Å². The van der Waals surface area contributed by atoms with Gasteiger partial charge in [0.25, 0.3) is 5.91 Å². The number of rotatable bonds is 9. The standard InChI is InChI=1S/C21H29ClN4O5/c1-21(2)10-12(17(27)26-21)9-15(20(30)31-3)25-19(29)14(8-11-4-5-11)24-18(28)13-6-7-16(22)23-13/h6-7,11-12,14-15,23H,4-5,8-10H2,1-3H3,(H,24,28)(H,25,29)(H,26,27)/t12-,14+,15+/m1/s1. The molecule has 31 heavy (non-hydrogen) atoms. The number of halogens is 1. The summed E-state index contributed by atoms with van der Waals surface area (Å²) in [6.45, 7) is 3.81. The topological polar surface area (TPSA) is 129 Å². The molecule has 1 aliphatic heterocycles. The molecular weight excluding hydrogens is 424 g/mol. The summed E-state index contributed by atoms with van der Waals surface area (Å²) in [4.78, 5) is 52.9. The van der Waals surface area contributed by atoms with Gasteiger partial charge in [0.2, 0.25) is 11.8 Å². The summed E-state index contributed by atoms with van der Waals surface area (Å²) in [6, 6.07) is 1.28. The predicted molar refractivity (Wildman–Crippen MR) is 113 cm³/mol. The number of nitrogens with one attached hydrogen (secondary N) is 4. The number of methoxy groups -OCH3 is 1. The summed E-state index contributed by atoms with van der Waals surface area (Å²) in [7, 11) is 1.23. The van der Waals surface area contributed by atoms with Gasteiger partial charge in [-0.2, -0.15) is 0 Å². The number of esters is 1. The molecule has 0 radical (unpaired) electrons. The van der Waals surface area contributed by atoms with Crippen LogP contribution in [0.2, 0.25) is 5.15 Å². The fourth-order valence-electron chi connectivity index (χ4n) is 3.95. The molecule has 1 saturated heterocycles. The van der Waals surface area contributed by atoms with E-state index in [2.05, 4.69) is 20.9 Å². The van der Waals surface area contributed by atoms with Crippen molar-refractivity contribution < 1.29 is 23.9 Å². The monoisotopic (exact) mass is 452 g/mol. The second-order valence-electron chi connectivity index (χ2n) is 9.02. The second kappa shape index (κ2) is 9.30. The number of carbonyl (C=O) groups is 4. The summed E-state index contributed by atoms with van der Waals surface area (Å²) in [5.41, 5.74) is -0.125. The van der Waals surface area contributed by atoms with E-state index in [9.17, 15) is 19.2 Å². The lowest BCUT2D eigenvalue weighted by molar-refractivity contribution is -0.146. The van der Waals surface area contributed by atoms with Crippen LogP contribution in [0.15, 0.2) is 12.1 Å². The van der Waals surface area contributed by atoms with Crippen LogP contribution in [0.3, 0.4) is 0 Å². The van der Waals surface area contributed by atoms with Gasteiger partial charge in [-0.15, -0.1) is 0 Å². The van der Waals surface area contributed by atoms with E-state index < -0.39 is 35.8 Å². The molecule has 1 aromatic rings. The van der Waals surface area contributed by atoms with Gasteiger partial charge in [-0.05, 0) is 51.2 Å². The van der Waals surface area contributed by atoms with Crippen molar-refractivity contribution in [3.63, 3.8) is 0 Å². The summed E-state index contributed by atoms with van der Waals surface area (Å²) in [5.74, 6) is -1.79. The molecule has 2 fully saturated rings. The fraction of sp³-hybridized carbons (Fsp3) is 0.619. The lowest BCUT2D eigenvalue weighted by Gasteiger charge is -2.23. The molecule has 3 rings (SSSR count). The first-order valence-electron chi connectivity index (χ1n) is 10.4. The normalized spacial score (nSPS) is 21.7. The van der Waals surface area contributed by atoms with Crippen molar-refractivity contribution in [2.75, 3.05) is 7.11 Å². The molecule has 170 valence electrons. The van der Waals surface area contributed by atoms with Crippen molar-refractivity contribution in [1.82, 2.24) is 20.9 Å². The summed E-state index contributed by atoms with van der Waals surface area (Å²) in [6.07, 6.45) is 3.13. The Labute approximate surface area is 186 Å². The molecule has 9 nitrogen and oxygen atoms in total. The highest BCUT2D eigenvalue weighted by Gasteiger charge is 2.41. The summed E-state index contributed by atoms with van der Waals surface area (Å²) >= 11 is 5.83. The fourth-order valence-corrected chi connectivity index (χ4v) is 4.12. The predicted octanol–water partition coefficient (Wildman–Crippen LogP) is 1.53. The van der Waals surface area contributed by atoms with Gasteiger partial charge in [0.1, 0.15) is 22.9 Å². The van der Waals surface area contributed by atoms with Crippen LogP contribution in [0.4, 0.5) is 0 Å². The van der Waals surface area contributed by atoms with E-state index in [1.165, 1.54) is 13.2 Å². The van der Waals surface area contributed by atoms with Crippen molar-refractivity contribution in [2.24, 2.45) is 11.8 Å². The highest BCUT2D eigenvalue weighted by molar-refractivity contribution is 6.29. The van der Waals surface area contributed by atoms with Gasteiger partial charge in [-0.3, -0.25) is 14.4 Å². The molecule has 1 aromatic heterocycles. The number of carbonyl (C=O) groups excluding carboxylic acids is 4. The Balaban J connectivity index is 1.68. The second-order valence-corrected chi connectivity index (χ2v) is 9.43. The van der Waals surface area contributed by atoms with Gasteiger partial charge >= 0.3 is 5.97 Å². The molecule has 4 N–H and O–H groups in total. The number of H-pyrrole nitrogens is 1. The average molecular weight is 453 g/mol. The minimum Gasteiger partial charge on any atom is -0.467 e. The molecule has 10 heteroatoms. The van der Waals surface area contributed by atoms with Crippen molar-refractivity contribution in [1.29, 1.82) is 0 Å². The van der Waals surface area contributed by atoms with Gasteiger partial charge in [0.15, 0.2) is 0 Å². The third-order valence-electron chi connectivity index (χ3n) is 5.69. The zero-order valence-corrected chi connectivity index (χ0v) is 18.7. The van der Waals surface area contributed by atoms with E-state index in [-0.39, 0.29) is 23.6 Å². The maximum Gasteiger partial charge on any atom is 0.328 e. The zero-order chi connectivity index (χ0) is 22.8. The van der Waals surface area contributed by atoms with Gasteiger partial charge in [0, 0.05) is 11.5 Å². The van der Waals surface area contributed by atoms with Crippen LogP contribution in [-0.2, 0) is 19.1 Å².